The summed E-state index contributed by atoms with van der Waals surface area (Å²) in [5, 5.41) is 8.92. The molecule has 0 saturated carbocycles. The van der Waals surface area contributed by atoms with Crippen molar-refractivity contribution in [2.45, 2.75) is 25.7 Å². The van der Waals surface area contributed by atoms with Crippen molar-refractivity contribution in [2.24, 2.45) is 5.92 Å². The van der Waals surface area contributed by atoms with Gasteiger partial charge >= 0.3 is 5.97 Å². The van der Waals surface area contributed by atoms with Gasteiger partial charge in [-0.25, -0.2) is 8.42 Å². The van der Waals surface area contributed by atoms with Crippen LogP contribution in [0.4, 0.5) is 0 Å². The predicted molar refractivity (Wildman–Crippen MR) is 82.8 cm³/mol. The van der Waals surface area contributed by atoms with Gasteiger partial charge in [-0.15, -0.1) is 0 Å². The van der Waals surface area contributed by atoms with Gasteiger partial charge in [-0.2, -0.15) is 0 Å². The van der Waals surface area contributed by atoms with Gasteiger partial charge in [0.05, 0.1) is 10.8 Å². The number of aliphatic carboxylic acids is 1. The summed E-state index contributed by atoms with van der Waals surface area (Å²) in [7, 11) is -1.92. The summed E-state index contributed by atoms with van der Waals surface area (Å²) < 4.78 is 23.4. The van der Waals surface area contributed by atoms with Crippen molar-refractivity contribution in [3.63, 3.8) is 0 Å². The molecule has 122 valence electrons. The Bertz CT molecular complexity index is 709. The van der Waals surface area contributed by atoms with Crippen molar-refractivity contribution in [1.82, 2.24) is 4.90 Å². The number of carbonyl (C=O) groups excluding carboxylic acids is 1. The summed E-state index contributed by atoms with van der Waals surface area (Å²) in [5.74, 6) is -2.08. The maximum absolute atomic E-state index is 12.5. The second-order valence-electron chi connectivity index (χ2n) is 5.61. The maximum Gasteiger partial charge on any atom is 0.308 e. The Kier molecular flexibility index (Phi) is 5.35. The third kappa shape index (κ3) is 4.07. The van der Waals surface area contributed by atoms with E-state index in [4.69, 9.17) is 5.11 Å². The van der Waals surface area contributed by atoms with Gasteiger partial charge in [-0.05, 0) is 37.1 Å². The Labute approximate surface area is 130 Å². The van der Waals surface area contributed by atoms with Crippen LogP contribution in [0, 0.1) is 19.8 Å². The van der Waals surface area contributed by atoms with E-state index in [-0.39, 0.29) is 22.9 Å². The highest BCUT2D eigenvalue weighted by Gasteiger charge is 2.22. The number of hydrogen-bond donors (Lipinski definition) is 1. The predicted octanol–water partition coefficient (Wildman–Crippen LogP) is 1.50. The van der Waals surface area contributed by atoms with Gasteiger partial charge in [0.15, 0.2) is 9.84 Å². The van der Waals surface area contributed by atoms with Crippen molar-refractivity contribution in [2.75, 3.05) is 19.8 Å². The minimum Gasteiger partial charge on any atom is -0.481 e. The second kappa shape index (κ2) is 6.48. The Morgan fingerprint density at radius 1 is 1.27 bits per heavy atom. The number of nitrogens with zero attached hydrogens (tertiary/aromatic N) is 1. The van der Waals surface area contributed by atoms with Crippen LogP contribution in [0.2, 0.25) is 0 Å². The van der Waals surface area contributed by atoms with Crippen LogP contribution in [-0.2, 0) is 14.6 Å². The first-order valence-corrected chi connectivity index (χ1v) is 8.63. The molecule has 0 aliphatic rings. The number of sulfone groups is 1. The summed E-state index contributed by atoms with van der Waals surface area (Å²) in [6, 6.07) is 2.88. The number of amides is 1. The lowest BCUT2D eigenvalue weighted by Crippen LogP contribution is -2.34. The van der Waals surface area contributed by atoms with E-state index in [0.717, 1.165) is 6.26 Å². The Morgan fingerprint density at radius 3 is 2.27 bits per heavy atom. The van der Waals surface area contributed by atoms with Crippen molar-refractivity contribution < 1.29 is 23.1 Å². The first kappa shape index (κ1) is 18.2. The topological polar surface area (TPSA) is 91.8 Å². The highest BCUT2D eigenvalue weighted by atomic mass is 32.2. The van der Waals surface area contributed by atoms with E-state index in [0.29, 0.717) is 11.1 Å². The summed E-state index contributed by atoms with van der Waals surface area (Å²) in [4.78, 5) is 24.8. The molecule has 22 heavy (non-hydrogen) atoms. The first-order valence-electron chi connectivity index (χ1n) is 6.74. The molecule has 1 amide bonds. The quantitative estimate of drug-likeness (QED) is 0.885. The van der Waals surface area contributed by atoms with Gasteiger partial charge < -0.3 is 10.0 Å². The van der Waals surface area contributed by atoms with Crippen molar-refractivity contribution in [3.05, 3.63) is 28.8 Å². The number of carboxylic acids is 1. The number of rotatable bonds is 5. The molecule has 7 heteroatoms. The molecule has 0 fully saturated rings. The van der Waals surface area contributed by atoms with Gasteiger partial charge in [0.2, 0.25) is 0 Å². The zero-order valence-corrected chi connectivity index (χ0v) is 14.2. The third-order valence-electron chi connectivity index (χ3n) is 3.62. The molecule has 0 aliphatic carbocycles. The third-order valence-corrected chi connectivity index (χ3v) is 4.71. The van der Waals surface area contributed by atoms with Gasteiger partial charge in [-0.3, -0.25) is 9.59 Å². The van der Waals surface area contributed by atoms with Gasteiger partial charge in [0, 0.05) is 25.4 Å². The molecule has 1 N–H and O–H groups in total. The molecule has 0 aliphatic heterocycles. The van der Waals surface area contributed by atoms with Gasteiger partial charge in [0.25, 0.3) is 5.91 Å². The van der Waals surface area contributed by atoms with Crippen LogP contribution in [0.1, 0.15) is 28.4 Å². The molecular weight excluding hydrogens is 306 g/mol. The fourth-order valence-corrected chi connectivity index (χ4v) is 2.76. The number of aryl methyl sites for hydroxylation is 1. The molecule has 0 aromatic heterocycles. The number of hydrogen-bond acceptors (Lipinski definition) is 4. The highest BCUT2D eigenvalue weighted by Crippen LogP contribution is 2.21. The van der Waals surface area contributed by atoms with Gasteiger partial charge in [-0.1, -0.05) is 6.92 Å². The molecule has 0 spiro atoms. The SMILES string of the molecule is Cc1cc(S(C)(=O)=O)cc(C(=O)N(C)CC(C)C(=O)O)c1C. The van der Waals surface area contributed by atoms with Crippen LogP contribution < -0.4 is 0 Å². The largest absolute Gasteiger partial charge is 0.481 e. The summed E-state index contributed by atoms with van der Waals surface area (Å²) >= 11 is 0. The lowest BCUT2D eigenvalue weighted by molar-refractivity contribution is -0.141. The summed E-state index contributed by atoms with van der Waals surface area (Å²) in [5.41, 5.74) is 1.67. The van der Waals surface area contributed by atoms with E-state index in [9.17, 15) is 18.0 Å². The average Bonchev–Trinajstić information content (AvgIpc) is 2.39. The fraction of sp³-hybridized carbons (Fsp3) is 0.467. The molecule has 0 bridgehead atoms. The maximum atomic E-state index is 12.5. The molecular formula is C15H21NO5S. The van der Waals surface area contributed by atoms with E-state index < -0.39 is 21.7 Å². The summed E-state index contributed by atoms with van der Waals surface area (Å²) in [6.45, 7) is 5.04. The smallest absolute Gasteiger partial charge is 0.308 e. The summed E-state index contributed by atoms with van der Waals surface area (Å²) in [6.07, 6.45) is 1.08. The molecule has 0 radical (unpaired) electrons. The first-order chi connectivity index (χ1) is 9.95. The van der Waals surface area contributed by atoms with Gasteiger partial charge in [0.1, 0.15) is 0 Å². The van der Waals surface area contributed by atoms with Crippen LogP contribution in [0.15, 0.2) is 17.0 Å². The minimum absolute atomic E-state index is 0.0513. The molecule has 6 nitrogen and oxygen atoms in total. The van der Waals surface area contributed by atoms with Crippen molar-refractivity contribution >= 4 is 21.7 Å². The van der Waals surface area contributed by atoms with Crippen molar-refractivity contribution in [3.8, 4) is 0 Å². The monoisotopic (exact) mass is 327 g/mol. The zero-order chi connectivity index (χ0) is 17.2. The molecule has 1 aromatic carbocycles. The Hall–Kier alpha value is -1.89. The van der Waals surface area contributed by atoms with E-state index in [1.807, 2.05) is 0 Å². The number of carbonyl (C=O) groups is 2. The van der Waals surface area contributed by atoms with Crippen LogP contribution in [0.25, 0.3) is 0 Å². The van der Waals surface area contributed by atoms with Crippen LogP contribution in [-0.4, -0.2) is 50.1 Å². The molecule has 1 rings (SSSR count). The Balaban J connectivity index is 3.23. The molecule has 0 heterocycles. The second-order valence-corrected chi connectivity index (χ2v) is 7.63. The standard InChI is InChI=1S/C15H21NO5S/c1-9-6-12(22(5,20)21)7-13(11(9)3)14(17)16(4)8-10(2)15(18)19/h6-7,10H,8H2,1-5H3,(H,18,19). The lowest BCUT2D eigenvalue weighted by Gasteiger charge is -2.21. The van der Waals surface area contributed by atoms with E-state index in [1.165, 1.54) is 31.0 Å². The zero-order valence-electron chi connectivity index (χ0n) is 13.4. The lowest BCUT2D eigenvalue weighted by atomic mass is 10.0. The number of benzene rings is 1. The molecule has 1 atom stereocenters. The van der Waals surface area contributed by atoms with E-state index in [1.54, 1.807) is 13.8 Å². The van der Waals surface area contributed by atoms with Crippen LogP contribution in [0.5, 0.6) is 0 Å². The highest BCUT2D eigenvalue weighted by molar-refractivity contribution is 7.90. The van der Waals surface area contributed by atoms with Crippen molar-refractivity contribution in [1.29, 1.82) is 0 Å². The molecule has 1 aromatic rings. The number of carboxylic acid groups (broad SMARTS) is 1. The minimum atomic E-state index is -3.43. The fourth-order valence-electron chi connectivity index (χ4n) is 2.04. The van der Waals surface area contributed by atoms with Crippen LogP contribution in [0.3, 0.4) is 0 Å². The van der Waals surface area contributed by atoms with Crippen LogP contribution >= 0.6 is 0 Å². The van der Waals surface area contributed by atoms with E-state index >= 15 is 0 Å². The Morgan fingerprint density at radius 2 is 1.82 bits per heavy atom. The molecule has 0 saturated heterocycles. The average molecular weight is 327 g/mol. The normalized spacial score (nSPS) is 12.8. The molecule has 1 unspecified atom stereocenters. The van der Waals surface area contributed by atoms with E-state index in [2.05, 4.69) is 0 Å².